The summed E-state index contributed by atoms with van der Waals surface area (Å²) < 4.78 is 13.9. The summed E-state index contributed by atoms with van der Waals surface area (Å²) in [5.41, 5.74) is 3.40. The first-order valence-corrected chi connectivity index (χ1v) is 12.5. The molecule has 3 rings (SSSR count). The molecule has 37 heavy (non-hydrogen) atoms. The van der Waals surface area contributed by atoms with Crippen LogP contribution in [0.1, 0.15) is 44.9 Å². The number of nitrogens with two attached hydrogens (primary N) is 1. The number of carboxylic acid groups (broad SMARTS) is 1. The largest absolute Gasteiger partial charge is 0.496 e. The molecule has 0 saturated carbocycles. The van der Waals surface area contributed by atoms with Crippen LogP contribution in [0.2, 0.25) is 0 Å². The number of para-hydroxylation sites is 1. The Morgan fingerprint density at radius 1 is 1.27 bits per heavy atom. The summed E-state index contributed by atoms with van der Waals surface area (Å²) in [4.78, 5) is 44.3. The first kappa shape index (κ1) is 27.9. The lowest BCUT2D eigenvalue weighted by Gasteiger charge is -2.26. The minimum absolute atomic E-state index is 0.00960. The third-order valence-electron chi connectivity index (χ3n) is 5.93. The van der Waals surface area contributed by atoms with Crippen LogP contribution in [0.25, 0.3) is 10.2 Å². The molecule has 0 fully saturated rings. The quantitative estimate of drug-likeness (QED) is 0.383. The third-order valence-corrected chi connectivity index (χ3v) is 7.15. The molecule has 0 radical (unpaired) electrons. The zero-order chi connectivity index (χ0) is 27.5. The van der Waals surface area contributed by atoms with Crippen LogP contribution in [-0.2, 0) is 21.6 Å². The van der Waals surface area contributed by atoms with E-state index >= 15 is 0 Å². The molecule has 0 bridgehead atoms. The number of allylic oxidation sites excluding steroid dienone is 1. The average molecular weight is 529 g/mol. The monoisotopic (exact) mass is 528 g/mol. The lowest BCUT2D eigenvalue weighted by atomic mass is 10.1. The predicted octanol–water partition coefficient (Wildman–Crippen LogP) is 3.70. The number of benzene rings is 1. The van der Waals surface area contributed by atoms with Gasteiger partial charge in [0.2, 0.25) is 0 Å². The second-order valence-corrected chi connectivity index (χ2v) is 10.2. The molecule has 198 valence electrons. The van der Waals surface area contributed by atoms with Gasteiger partial charge in [0.15, 0.2) is 0 Å². The van der Waals surface area contributed by atoms with E-state index in [0.717, 1.165) is 4.57 Å². The normalized spacial score (nSPS) is 13.3. The van der Waals surface area contributed by atoms with Crippen molar-refractivity contribution in [3.05, 3.63) is 68.5 Å². The molecule has 0 amide bonds. The highest BCUT2D eigenvalue weighted by molar-refractivity contribution is 7.22. The second-order valence-electron chi connectivity index (χ2n) is 9.19. The Balaban J connectivity index is 2.39. The molecule has 0 spiro atoms. The molecule has 3 aromatic rings. The Bertz CT molecular complexity index is 1480. The minimum Gasteiger partial charge on any atom is -0.496 e. The fourth-order valence-electron chi connectivity index (χ4n) is 4.01. The molecule has 1 aromatic carbocycles. The van der Waals surface area contributed by atoms with Gasteiger partial charge >= 0.3 is 11.7 Å². The van der Waals surface area contributed by atoms with Crippen LogP contribution < -0.4 is 21.7 Å². The number of hydrogen-bond donors (Lipinski definition) is 2. The topological polar surface area (TPSA) is 138 Å². The Hall–Kier alpha value is -3.70. The summed E-state index contributed by atoms with van der Waals surface area (Å²) >= 11 is 1.17. The molecule has 0 aliphatic heterocycles. The van der Waals surface area contributed by atoms with E-state index < -0.39 is 28.9 Å². The van der Waals surface area contributed by atoms with Gasteiger partial charge in [-0.05, 0) is 53.0 Å². The molecule has 1 atom stereocenters. The van der Waals surface area contributed by atoms with Crippen molar-refractivity contribution < 1.29 is 19.4 Å². The van der Waals surface area contributed by atoms with Gasteiger partial charge in [-0.1, -0.05) is 29.5 Å². The second kappa shape index (κ2) is 11.1. The molecule has 0 aliphatic rings. The Morgan fingerprint density at radius 2 is 1.95 bits per heavy atom. The van der Waals surface area contributed by atoms with E-state index in [1.807, 2.05) is 32.0 Å². The van der Waals surface area contributed by atoms with Gasteiger partial charge in [-0.15, -0.1) is 0 Å². The lowest BCUT2D eigenvalue weighted by Crippen LogP contribution is -2.52. The van der Waals surface area contributed by atoms with Gasteiger partial charge < -0.3 is 20.3 Å². The number of carboxylic acids is 1. The molecular weight excluding hydrogens is 496 g/mol. The summed E-state index contributed by atoms with van der Waals surface area (Å²) in [5, 5.41) is 10.6. The summed E-state index contributed by atoms with van der Waals surface area (Å²) in [6.45, 7) is 8.13. The van der Waals surface area contributed by atoms with E-state index in [1.54, 1.807) is 20.1 Å². The van der Waals surface area contributed by atoms with Crippen LogP contribution in [0.15, 0.2) is 51.1 Å². The molecule has 1 unspecified atom stereocenters. The molecule has 2 heterocycles. The maximum atomic E-state index is 13.9. The number of aliphatic imine (C=N–C) groups is 1. The van der Waals surface area contributed by atoms with E-state index in [9.17, 15) is 19.5 Å². The van der Waals surface area contributed by atoms with Crippen LogP contribution in [0.5, 0.6) is 5.75 Å². The summed E-state index contributed by atoms with van der Waals surface area (Å²) in [5.74, 6) is -0.727. The highest BCUT2D eigenvalue weighted by atomic mass is 32.1. The molecule has 0 saturated heterocycles. The molecular formula is C26H32N4O6S. The number of aliphatic carboxylic acids is 1. The molecule has 11 heteroatoms. The van der Waals surface area contributed by atoms with Gasteiger partial charge in [0.05, 0.1) is 25.1 Å². The van der Waals surface area contributed by atoms with E-state index in [1.165, 1.54) is 48.2 Å². The number of rotatable bonds is 10. The third kappa shape index (κ3) is 5.37. The van der Waals surface area contributed by atoms with Gasteiger partial charge in [-0.25, -0.2) is 19.1 Å². The van der Waals surface area contributed by atoms with Crippen molar-refractivity contribution in [3.8, 4) is 5.75 Å². The van der Waals surface area contributed by atoms with E-state index in [4.69, 9.17) is 15.2 Å². The van der Waals surface area contributed by atoms with Gasteiger partial charge in [-0.2, -0.15) is 0 Å². The van der Waals surface area contributed by atoms with Crippen LogP contribution in [0, 0.1) is 6.92 Å². The van der Waals surface area contributed by atoms with Crippen molar-refractivity contribution in [2.75, 3.05) is 7.11 Å². The van der Waals surface area contributed by atoms with Gasteiger partial charge in [-0.3, -0.25) is 9.36 Å². The fraction of sp³-hybridized carbons (Fsp3) is 0.385. The number of aryl methyl sites for hydroxylation is 1. The van der Waals surface area contributed by atoms with Crippen molar-refractivity contribution >= 4 is 38.7 Å². The maximum absolute atomic E-state index is 13.9. The van der Waals surface area contributed by atoms with Crippen LogP contribution in [0.3, 0.4) is 0 Å². The smallest absolute Gasteiger partial charge is 0.333 e. The Labute approximate surface area is 218 Å². The van der Waals surface area contributed by atoms with E-state index in [2.05, 4.69) is 4.99 Å². The molecule has 2 aromatic heterocycles. The summed E-state index contributed by atoms with van der Waals surface area (Å²) in [6, 6.07) is 7.32. The van der Waals surface area contributed by atoms with Gasteiger partial charge in [0, 0.05) is 17.3 Å². The number of ether oxygens (including phenoxy) is 2. The van der Waals surface area contributed by atoms with Gasteiger partial charge in [0.1, 0.15) is 27.2 Å². The highest BCUT2D eigenvalue weighted by Crippen LogP contribution is 2.37. The van der Waals surface area contributed by atoms with Crippen LogP contribution >= 0.6 is 11.3 Å². The minimum atomic E-state index is -1.80. The number of thiophene rings is 1. The van der Waals surface area contributed by atoms with E-state index in [-0.39, 0.29) is 18.0 Å². The van der Waals surface area contributed by atoms with Crippen molar-refractivity contribution in [1.29, 1.82) is 0 Å². The van der Waals surface area contributed by atoms with Crippen LogP contribution in [0.4, 0.5) is 5.00 Å². The number of carbonyl (C=O) groups is 1. The predicted molar refractivity (Wildman–Crippen MR) is 145 cm³/mol. The number of fused-ring (bicyclic) bond motifs is 1. The molecule has 0 aliphatic carbocycles. The standard InChI is InChI=1S/C26H32N4O6S/c1-15(2)36-19(17-10-7-8-11-18(17)35-6)14-29-23-20(16(3)21(37-23)28-13-9-12-27)22(31)30(25(29)34)26(4,5)24(32)33/h7-13,15,19H,14,27H2,1-6H3,(H,32,33). The SMILES string of the molecule is COc1ccccc1C(Cn1c(=O)n(C(C)(C)C(=O)O)c(=O)c2c(C)c(N=CC=CN)sc21)OC(C)C. The van der Waals surface area contributed by atoms with Gasteiger partial charge in [0.25, 0.3) is 5.56 Å². The molecule has 10 nitrogen and oxygen atoms in total. The van der Waals surface area contributed by atoms with Crippen molar-refractivity contribution in [3.63, 3.8) is 0 Å². The zero-order valence-electron chi connectivity index (χ0n) is 21.7. The fourth-order valence-corrected chi connectivity index (χ4v) is 5.17. The average Bonchev–Trinajstić information content (AvgIpc) is 3.16. The highest BCUT2D eigenvalue weighted by Gasteiger charge is 2.36. The number of aromatic nitrogens is 2. The first-order valence-electron chi connectivity index (χ1n) is 11.7. The summed E-state index contributed by atoms with van der Waals surface area (Å²) in [6.07, 6.45) is 3.52. The lowest BCUT2D eigenvalue weighted by molar-refractivity contribution is -0.146. The Kier molecular flexibility index (Phi) is 8.39. The number of nitrogens with zero attached hydrogens (tertiary/aromatic N) is 3. The van der Waals surface area contributed by atoms with Crippen molar-refractivity contribution in [2.45, 2.75) is 58.9 Å². The van der Waals surface area contributed by atoms with Crippen molar-refractivity contribution in [1.82, 2.24) is 9.13 Å². The summed E-state index contributed by atoms with van der Waals surface area (Å²) in [7, 11) is 1.55. The number of hydrogen-bond acceptors (Lipinski definition) is 8. The first-order chi connectivity index (χ1) is 17.4. The van der Waals surface area contributed by atoms with E-state index in [0.29, 0.717) is 26.7 Å². The Morgan fingerprint density at radius 3 is 2.54 bits per heavy atom. The number of methoxy groups -OCH3 is 1. The zero-order valence-corrected chi connectivity index (χ0v) is 22.5. The van der Waals surface area contributed by atoms with Crippen LogP contribution in [-0.4, -0.2) is 39.6 Å². The maximum Gasteiger partial charge on any atom is 0.333 e. The molecule has 3 N–H and O–H groups in total. The van der Waals surface area contributed by atoms with Crippen molar-refractivity contribution in [2.24, 2.45) is 10.7 Å².